The summed E-state index contributed by atoms with van der Waals surface area (Å²) in [6, 6.07) is 13.4. The van der Waals surface area contributed by atoms with Gasteiger partial charge in [-0.25, -0.2) is 9.50 Å². The lowest BCUT2D eigenvalue weighted by Crippen LogP contribution is -2.51. The predicted octanol–water partition coefficient (Wildman–Crippen LogP) is 4.51. The molecule has 1 saturated carbocycles. The number of methoxy groups -OCH3 is 1. The van der Waals surface area contributed by atoms with Gasteiger partial charge in [0, 0.05) is 78.9 Å². The molecule has 1 amide bonds. The minimum atomic E-state index is -0.645. The quantitative estimate of drug-likeness (QED) is 0.155. The van der Waals surface area contributed by atoms with Gasteiger partial charge in [-0.2, -0.15) is 5.10 Å². The van der Waals surface area contributed by atoms with Gasteiger partial charge in [-0.05, 0) is 44.4 Å². The number of halogens is 2. The van der Waals surface area contributed by atoms with Gasteiger partial charge in [0.25, 0.3) is 5.56 Å². The summed E-state index contributed by atoms with van der Waals surface area (Å²) in [5.74, 6) is 1.14. The fourth-order valence-corrected chi connectivity index (χ4v) is 7.42. The van der Waals surface area contributed by atoms with Crippen molar-refractivity contribution in [1.29, 1.82) is 0 Å². The van der Waals surface area contributed by atoms with Crippen LogP contribution in [0.15, 0.2) is 59.7 Å². The summed E-state index contributed by atoms with van der Waals surface area (Å²) in [7, 11) is 3.28. The summed E-state index contributed by atoms with van der Waals surface area (Å²) in [6.07, 6.45) is 6.11. The summed E-state index contributed by atoms with van der Waals surface area (Å²) >= 11 is 14.1. The molecule has 50 heavy (non-hydrogen) atoms. The lowest BCUT2D eigenvalue weighted by atomic mass is 9.77. The highest BCUT2D eigenvalue weighted by atomic mass is 35.5. The highest BCUT2D eigenvalue weighted by Crippen LogP contribution is 2.42. The van der Waals surface area contributed by atoms with Crippen LogP contribution in [0.4, 0.5) is 0 Å². The number of hydrogen-bond acceptors (Lipinski definition) is 9. The Morgan fingerprint density at radius 2 is 1.86 bits per heavy atom. The van der Waals surface area contributed by atoms with Gasteiger partial charge in [-0.1, -0.05) is 47.5 Å². The van der Waals surface area contributed by atoms with E-state index in [9.17, 15) is 14.7 Å². The molecule has 12 nitrogen and oxygen atoms in total. The van der Waals surface area contributed by atoms with E-state index in [0.29, 0.717) is 99.8 Å². The van der Waals surface area contributed by atoms with Crippen LogP contribution in [0.3, 0.4) is 0 Å². The Hall–Kier alpha value is -4.33. The SMILES string of the molecule is COc1nc(-c2cccc(-c3ccnc(-c4cc5c(=O)n(C)c(CNC6CC(C)(O)C6)nn5c4)c3Cl)c2Cl)ccc1CNCC1CCC(=O)N1. The van der Waals surface area contributed by atoms with Crippen LogP contribution in [0.25, 0.3) is 39.2 Å². The van der Waals surface area contributed by atoms with Crippen molar-refractivity contribution >= 4 is 34.6 Å². The Kier molecular flexibility index (Phi) is 9.40. The van der Waals surface area contributed by atoms with E-state index in [1.807, 2.05) is 37.3 Å². The molecule has 1 saturated heterocycles. The average molecular weight is 718 g/mol. The number of ether oxygens (including phenoxy) is 1. The Balaban J connectivity index is 1.14. The maximum atomic E-state index is 13.3. The second-order valence-electron chi connectivity index (χ2n) is 13.3. The molecule has 1 unspecified atom stereocenters. The smallest absolute Gasteiger partial charge is 0.277 e. The zero-order chi connectivity index (χ0) is 35.2. The lowest BCUT2D eigenvalue weighted by Gasteiger charge is -2.41. The van der Waals surface area contributed by atoms with Crippen molar-refractivity contribution in [2.24, 2.45) is 7.05 Å². The molecule has 0 radical (unpaired) electrons. The highest BCUT2D eigenvalue weighted by Gasteiger charge is 2.38. The number of nitrogens with one attached hydrogen (secondary N) is 3. The van der Waals surface area contributed by atoms with E-state index in [4.69, 9.17) is 38.0 Å². The van der Waals surface area contributed by atoms with Crippen LogP contribution < -0.4 is 26.2 Å². The van der Waals surface area contributed by atoms with Gasteiger partial charge >= 0.3 is 0 Å². The van der Waals surface area contributed by atoms with Gasteiger partial charge in [0.15, 0.2) is 0 Å². The maximum Gasteiger partial charge on any atom is 0.277 e. The van der Waals surface area contributed by atoms with Crippen molar-refractivity contribution in [3.8, 4) is 39.5 Å². The number of rotatable bonds is 11. The van der Waals surface area contributed by atoms with Crippen LogP contribution in [0.2, 0.25) is 10.0 Å². The van der Waals surface area contributed by atoms with Gasteiger partial charge in [0.05, 0.1) is 40.7 Å². The van der Waals surface area contributed by atoms with Gasteiger partial charge in [0.2, 0.25) is 11.8 Å². The number of aromatic nitrogens is 5. The van der Waals surface area contributed by atoms with Crippen molar-refractivity contribution in [3.63, 3.8) is 0 Å². The number of pyridine rings is 2. The summed E-state index contributed by atoms with van der Waals surface area (Å²) in [5, 5.41) is 25.3. The monoisotopic (exact) mass is 716 g/mol. The van der Waals surface area contributed by atoms with E-state index < -0.39 is 5.60 Å². The van der Waals surface area contributed by atoms with Gasteiger partial charge in [-0.3, -0.25) is 19.1 Å². The number of fused-ring (bicyclic) bond motifs is 1. The molecular weight excluding hydrogens is 679 g/mol. The molecule has 4 N–H and O–H groups in total. The van der Waals surface area contributed by atoms with Gasteiger partial charge in [0.1, 0.15) is 11.3 Å². The maximum absolute atomic E-state index is 13.3. The Bertz CT molecular complexity index is 2160. The van der Waals surface area contributed by atoms with Crippen LogP contribution >= 0.6 is 23.2 Å². The number of aliphatic hydroxyl groups is 1. The first-order valence-corrected chi connectivity index (χ1v) is 17.3. The molecular formula is C36H38Cl2N8O4. The van der Waals surface area contributed by atoms with Crippen LogP contribution in [-0.4, -0.2) is 66.5 Å². The minimum Gasteiger partial charge on any atom is -0.481 e. The summed E-state index contributed by atoms with van der Waals surface area (Å²) in [4.78, 5) is 34.2. The minimum absolute atomic E-state index is 0.0890. The van der Waals surface area contributed by atoms with Crippen molar-refractivity contribution in [2.75, 3.05) is 13.7 Å². The standard InChI is InChI=1S/C36H38Cl2N8O4/c1-36(49)14-23(15-36)41-18-29-44-46-19-21(13-28(46)35(48)45(29)2)33-32(38)25(11-12-40-33)24-5-4-6-26(31(24)37)27-9-7-20(34(43-27)50-3)16-39-17-22-8-10-30(47)42-22/h4-7,9,11-13,19,22-23,39,41,49H,8,10,14-18H2,1-3H3,(H,42,47). The van der Waals surface area contributed by atoms with Gasteiger partial charge in [-0.15, -0.1) is 0 Å². The first kappa shape index (κ1) is 34.1. The molecule has 4 aromatic heterocycles. The largest absolute Gasteiger partial charge is 0.481 e. The fraction of sp³-hybridized carbons (Fsp3) is 0.361. The third-order valence-electron chi connectivity index (χ3n) is 9.51. The Morgan fingerprint density at radius 3 is 2.60 bits per heavy atom. The Morgan fingerprint density at radius 1 is 1.08 bits per heavy atom. The molecule has 2 fully saturated rings. The highest BCUT2D eigenvalue weighted by molar-refractivity contribution is 6.39. The fourth-order valence-electron chi connectivity index (χ4n) is 6.77. The number of nitrogens with zero attached hydrogens (tertiary/aromatic N) is 5. The van der Waals surface area contributed by atoms with E-state index in [0.717, 1.165) is 12.0 Å². The first-order valence-electron chi connectivity index (χ1n) is 16.5. The second kappa shape index (κ2) is 13.8. The molecule has 2 aliphatic rings. The average Bonchev–Trinajstić information content (AvgIpc) is 3.71. The number of benzene rings is 1. The van der Waals surface area contributed by atoms with Crippen molar-refractivity contribution < 1.29 is 14.6 Å². The number of carbonyl (C=O) groups is 1. The topological polar surface area (TPSA) is 148 Å². The summed E-state index contributed by atoms with van der Waals surface area (Å²) < 4.78 is 8.73. The van der Waals surface area contributed by atoms with Crippen molar-refractivity contribution in [3.05, 3.63) is 86.6 Å². The summed E-state index contributed by atoms with van der Waals surface area (Å²) in [5.41, 5.74) is 4.28. The van der Waals surface area contributed by atoms with E-state index in [1.165, 1.54) is 4.57 Å². The Labute approximate surface area is 298 Å². The lowest BCUT2D eigenvalue weighted by molar-refractivity contribution is -0.119. The molecule has 260 valence electrons. The third kappa shape index (κ3) is 6.73. The van der Waals surface area contributed by atoms with Crippen LogP contribution in [0, 0.1) is 0 Å². The molecule has 0 spiro atoms. The van der Waals surface area contributed by atoms with Crippen LogP contribution in [0.5, 0.6) is 5.88 Å². The molecule has 7 rings (SSSR count). The van der Waals surface area contributed by atoms with E-state index >= 15 is 0 Å². The molecule has 1 atom stereocenters. The van der Waals surface area contributed by atoms with E-state index in [2.05, 4.69) is 20.9 Å². The number of hydrogen-bond donors (Lipinski definition) is 4. The van der Waals surface area contributed by atoms with E-state index in [1.54, 1.807) is 43.2 Å². The second-order valence-corrected chi connectivity index (χ2v) is 14.1. The van der Waals surface area contributed by atoms with Gasteiger partial charge < -0.3 is 25.8 Å². The first-order chi connectivity index (χ1) is 24.0. The molecule has 1 aliphatic carbocycles. The molecule has 5 heterocycles. The van der Waals surface area contributed by atoms with Crippen LogP contribution in [0.1, 0.15) is 44.0 Å². The van der Waals surface area contributed by atoms with Crippen LogP contribution in [-0.2, 0) is 24.9 Å². The summed E-state index contributed by atoms with van der Waals surface area (Å²) in [6.45, 7) is 3.41. The third-order valence-corrected chi connectivity index (χ3v) is 10.3. The number of carbonyl (C=O) groups excluding carboxylic acids is 1. The zero-order valence-corrected chi connectivity index (χ0v) is 29.5. The predicted molar refractivity (Wildman–Crippen MR) is 192 cm³/mol. The number of amides is 1. The molecule has 1 aliphatic heterocycles. The van der Waals surface area contributed by atoms with Crippen molar-refractivity contribution in [2.45, 2.75) is 63.4 Å². The normalized spacial score (nSPS) is 20.2. The molecule has 14 heteroatoms. The zero-order valence-electron chi connectivity index (χ0n) is 28.0. The molecule has 5 aromatic rings. The molecule has 1 aromatic carbocycles. The van der Waals surface area contributed by atoms with E-state index in [-0.39, 0.29) is 23.6 Å². The molecule has 0 bridgehead atoms. The van der Waals surface area contributed by atoms with Crippen molar-refractivity contribution in [1.82, 2.24) is 40.1 Å².